The van der Waals surface area contributed by atoms with Gasteiger partial charge < -0.3 is 9.12 Å². The Morgan fingerprint density at radius 3 is 2.12 bits per heavy atom. The number of rotatable bonds is 2. The Labute approximate surface area is 122 Å². The minimum absolute atomic E-state index is 0. The van der Waals surface area contributed by atoms with E-state index in [0.29, 0.717) is 0 Å². The molecule has 1 heterocycles. The smallest absolute Gasteiger partial charge is 0.744 e. The molecule has 0 fully saturated rings. The van der Waals surface area contributed by atoms with E-state index in [1.165, 1.54) is 12.1 Å². The average Bonchev–Trinajstić information content (AvgIpc) is 2.64. The van der Waals surface area contributed by atoms with Crippen LogP contribution in [0.4, 0.5) is 0 Å². The van der Waals surface area contributed by atoms with Gasteiger partial charge in [0.05, 0.1) is 4.90 Å². The summed E-state index contributed by atoms with van der Waals surface area (Å²) in [6.45, 7) is 1.97. The molecule has 0 saturated heterocycles. The number of nitrogens with zero attached hydrogens (tertiary/aromatic N) is 1. The van der Waals surface area contributed by atoms with E-state index in [0.717, 1.165) is 11.3 Å². The van der Waals surface area contributed by atoms with Gasteiger partial charge in [-0.05, 0) is 42.8 Å². The Morgan fingerprint density at radius 1 is 1.12 bits per heavy atom. The molecule has 0 atom stereocenters. The van der Waals surface area contributed by atoms with Crippen LogP contribution >= 0.6 is 0 Å². The molecular formula is C11H10NNaO3S. The SMILES string of the molecule is Cc1ccn(-c2ccc(S(=O)(=O)[O-])cc2)c1.[Na+]. The molecule has 0 aliphatic carbocycles. The summed E-state index contributed by atoms with van der Waals surface area (Å²) in [5, 5.41) is 0. The number of hydrogen-bond acceptors (Lipinski definition) is 3. The van der Waals surface area contributed by atoms with Gasteiger partial charge in [0.25, 0.3) is 0 Å². The van der Waals surface area contributed by atoms with E-state index < -0.39 is 10.1 Å². The molecule has 2 rings (SSSR count). The van der Waals surface area contributed by atoms with Crippen molar-refractivity contribution < 1.29 is 42.5 Å². The maximum atomic E-state index is 10.7. The van der Waals surface area contributed by atoms with E-state index in [9.17, 15) is 13.0 Å². The van der Waals surface area contributed by atoms with Crippen LogP contribution in [0.2, 0.25) is 0 Å². The van der Waals surface area contributed by atoms with E-state index in [-0.39, 0.29) is 34.5 Å². The van der Waals surface area contributed by atoms with Gasteiger partial charge in [-0.3, -0.25) is 0 Å². The number of aromatic nitrogens is 1. The van der Waals surface area contributed by atoms with Gasteiger partial charge in [-0.2, -0.15) is 0 Å². The molecule has 17 heavy (non-hydrogen) atoms. The summed E-state index contributed by atoms with van der Waals surface area (Å²) < 4.78 is 34.0. The van der Waals surface area contributed by atoms with Crippen LogP contribution in [-0.2, 0) is 10.1 Å². The Kier molecular flexibility index (Phi) is 4.57. The maximum absolute atomic E-state index is 10.7. The van der Waals surface area contributed by atoms with E-state index in [1.807, 2.05) is 30.0 Å². The van der Waals surface area contributed by atoms with Crippen molar-refractivity contribution in [2.75, 3.05) is 0 Å². The first-order valence-electron chi connectivity index (χ1n) is 4.68. The Bertz CT molecular complexity index is 602. The molecule has 0 aliphatic rings. The van der Waals surface area contributed by atoms with Crippen molar-refractivity contribution in [3.63, 3.8) is 0 Å². The van der Waals surface area contributed by atoms with Crippen LogP contribution in [0.15, 0.2) is 47.6 Å². The molecule has 2 aromatic rings. The second kappa shape index (κ2) is 5.37. The molecule has 0 amide bonds. The monoisotopic (exact) mass is 259 g/mol. The summed E-state index contributed by atoms with van der Waals surface area (Å²) in [4.78, 5) is -0.208. The fraction of sp³-hybridized carbons (Fsp3) is 0.0909. The number of benzene rings is 1. The van der Waals surface area contributed by atoms with Crippen LogP contribution in [0, 0.1) is 6.92 Å². The van der Waals surface area contributed by atoms with Crippen molar-refractivity contribution in [2.45, 2.75) is 11.8 Å². The Hall–Kier alpha value is -0.590. The minimum Gasteiger partial charge on any atom is -0.744 e. The predicted molar refractivity (Wildman–Crippen MR) is 58.5 cm³/mol. The fourth-order valence-corrected chi connectivity index (χ4v) is 1.92. The zero-order valence-corrected chi connectivity index (χ0v) is 12.4. The summed E-state index contributed by atoms with van der Waals surface area (Å²) in [6, 6.07) is 7.77. The van der Waals surface area contributed by atoms with Crippen molar-refractivity contribution in [1.82, 2.24) is 4.57 Å². The standard InChI is InChI=1S/C11H11NO3S.Na/c1-9-6-7-12(8-9)10-2-4-11(5-3-10)16(13,14)15;/h2-8H,1H3,(H,13,14,15);/q;+1/p-1. The minimum atomic E-state index is -4.36. The molecule has 0 radical (unpaired) electrons. The molecule has 0 unspecified atom stereocenters. The van der Waals surface area contributed by atoms with Crippen LogP contribution < -0.4 is 29.6 Å². The van der Waals surface area contributed by atoms with Gasteiger partial charge in [0.2, 0.25) is 0 Å². The van der Waals surface area contributed by atoms with E-state index >= 15 is 0 Å². The van der Waals surface area contributed by atoms with Gasteiger partial charge >= 0.3 is 29.6 Å². The molecular weight excluding hydrogens is 249 g/mol. The van der Waals surface area contributed by atoms with Crippen LogP contribution in [0.3, 0.4) is 0 Å². The second-order valence-corrected chi connectivity index (χ2v) is 4.92. The van der Waals surface area contributed by atoms with Crippen LogP contribution in [0.25, 0.3) is 5.69 Å². The molecule has 84 valence electrons. The van der Waals surface area contributed by atoms with E-state index in [1.54, 1.807) is 12.1 Å². The van der Waals surface area contributed by atoms with Gasteiger partial charge in [-0.15, -0.1) is 0 Å². The molecule has 1 aromatic heterocycles. The van der Waals surface area contributed by atoms with Gasteiger partial charge in [-0.25, -0.2) is 8.42 Å². The molecule has 0 N–H and O–H groups in total. The first kappa shape index (κ1) is 14.5. The summed E-state index contributed by atoms with van der Waals surface area (Å²) in [5.74, 6) is 0. The Balaban J connectivity index is 0.00000144. The fourth-order valence-electron chi connectivity index (χ4n) is 1.45. The summed E-state index contributed by atoms with van der Waals surface area (Å²) in [6.07, 6.45) is 3.79. The molecule has 6 heteroatoms. The molecule has 1 aromatic carbocycles. The zero-order valence-electron chi connectivity index (χ0n) is 9.62. The second-order valence-electron chi connectivity index (χ2n) is 3.54. The van der Waals surface area contributed by atoms with E-state index in [2.05, 4.69) is 0 Å². The third kappa shape index (κ3) is 3.43. The first-order chi connectivity index (χ1) is 7.47. The van der Waals surface area contributed by atoms with Crippen molar-refractivity contribution in [3.05, 3.63) is 48.3 Å². The van der Waals surface area contributed by atoms with Crippen molar-refractivity contribution in [1.29, 1.82) is 0 Å². The largest absolute Gasteiger partial charge is 1.00 e. The molecule has 0 bridgehead atoms. The third-order valence-corrected chi connectivity index (χ3v) is 3.11. The quantitative estimate of drug-likeness (QED) is 0.497. The van der Waals surface area contributed by atoms with Crippen molar-refractivity contribution in [2.24, 2.45) is 0 Å². The zero-order chi connectivity index (χ0) is 11.8. The first-order valence-corrected chi connectivity index (χ1v) is 6.08. The van der Waals surface area contributed by atoms with Crippen molar-refractivity contribution in [3.8, 4) is 5.69 Å². The van der Waals surface area contributed by atoms with Gasteiger partial charge in [0.15, 0.2) is 0 Å². The predicted octanol–water partition coefficient (Wildman–Crippen LogP) is -1.31. The van der Waals surface area contributed by atoms with Crippen LogP contribution in [-0.4, -0.2) is 17.5 Å². The molecule has 4 nitrogen and oxygen atoms in total. The summed E-state index contributed by atoms with van der Waals surface area (Å²) in [5.41, 5.74) is 1.93. The third-order valence-electron chi connectivity index (χ3n) is 2.26. The van der Waals surface area contributed by atoms with E-state index in [4.69, 9.17) is 0 Å². The average molecular weight is 259 g/mol. The molecule has 0 saturated carbocycles. The topological polar surface area (TPSA) is 62.1 Å². The van der Waals surface area contributed by atoms with Crippen LogP contribution in [0.5, 0.6) is 0 Å². The summed E-state index contributed by atoms with van der Waals surface area (Å²) >= 11 is 0. The summed E-state index contributed by atoms with van der Waals surface area (Å²) in [7, 11) is -4.36. The van der Waals surface area contributed by atoms with Gasteiger partial charge in [-0.1, -0.05) is 0 Å². The van der Waals surface area contributed by atoms with Crippen molar-refractivity contribution >= 4 is 10.1 Å². The molecule has 0 spiro atoms. The van der Waals surface area contributed by atoms with Crippen LogP contribution in [0.1, 0.15) is 5.56 Å². The Morgan fingerprint density at radius 2 is 1.71 bits per heavy atom. The molecule has 0 aliphatic heterocycles. The van der Waals surface area contributed by atoms with Gasteiger partial charge in [0.1, 0.15) is 10.1 Å². The van der Waals surface area contributed by atoms with Gasteiger partial charge in [0, 0.05) is 18.1 Å². The number of hydrogen-bond donors (Lipinski definition) is 0. The maximum Gasteiger partial charge on any atom is 1.00 e. The normalized spacial score (nSPS) is 10.9. The number of aryl methyl sites for hydroxylation is 1.